The number of nitrogens with zero attached hydrogens (tertiary/aromatic N) is 1. The maximum Gasteiger partial charge on any atom is 0.280 e. The third-order valence-electron chi connectivity index (χ3n) is 3.96. The van der Waals surface area contributed by atoms with Gasteiger partial charge < -0.3 is 4.57 Å². The Morgan fingerprint density at radius 1 is 1.08 bits per heavy atom. The molecule has 5 nitrogen and oxygen atoms in total. The van der Waals surface area contributed by atoms with Crippen LogP contribution in [0, 0.1) is 0 Å². The Morgan fingerprint density at radius 3 is 2.54 bits per heavy atom. The Bertz CT molecular complexity index is 908. The molecule has 0 radical (unpaired) electrons. The standard InChI is InChI=1S/C18H19N3O2S/c1-11(2)12-8-9-24-16(12)18(23)20-19-17(22)14-10-21(3)15-7-5-4-6-13(14)15/h4-11H,1-3H3,(H,19,22)(H,20,23). The molecule has 124 valence electrons. The highest BCUT2D eigenvalue weighted by molar-refractivity contribution is 7.12. The van der Waals surface area contributed by atoms with Crippen LogP contribution >= 0.6 is 11.3 Å². The van der Waals surface area contributed by atoms with Gasteiger partial charge in [-0.05, 0) is 29.0 Å². The first kappa shape index (κ1) is 16.3. The maximum absolute atomic E-state index is 12.4. The van der Waals surface area contributed by atoms with Gasteiger partial charge in [0.25, 0.3) is 11.8 Å². The number of fused-ring (bicyclic) bond motifs is 1. The van der Waals surface area contributed by atoms with Crippen LogP contribution in [-0.4, -0.2) is 16.4 Å². The second-order valence-electron chi connectivity index (χ2n) is 5.94. The van der Waals surface area contributed by atoms with E-state index in [1.54, 1.807) is 6.20 Å². The lowest BCUT2D eigenvalue weighted by molar-refractivity contribution is 0.0849. The lowest BCUT2D eigenvalue weighted by Crippen LogP contribution is -2.41. The van der Waals surface area contributed by atoms with E-state index in [4.69, 9.17) is 0 Å². The predicted octanol–water partition coefficient (Wildman–Crippen LogP) is 3.44. The monoisotopic (exact) mass is 341 g/mol. The number of aryl methyl sites for hydroxylation is 1. The van der Waals surface area contributed by atoms with Crippen LogP contribution in [0.15, 0.2) is 41.9 Å². The molecule has 0 fully saturated rings. The molecule has 2 heterocycles. The lowest BCUT2D eigenvalue weighted by atomic mass is 10.0. The Kier molecular flexibility index (Phi) is 4.40. The van der Waals surface area contributed by atoms with Crippen molar-refractivity contribution < 1.29 is 9.59 Å². The van der Waals surface area contributed by atoms with Gasteiger partial charge in [0.15, 0.2) is 0 Å². The Hall–Kier alpha value is -2.60. The SMILES string of the molecule is CC(C)c1ccsc1C(=O)NNC(=O)c1cn(C)c2ccccc12. The molecule has 2 N–H and O–H groups in total. The van der Waals surface area contributed by atoms with Crippen molar-refractivity contribution in [2.75, 3.05) is 0 Å². The van der Waals surface area contributed by atoms with Gasteiger partial charge in [-0.2, -0.15) is 0 Å². The Labute approximate surface area is 144 Å². The van der Waals surface area contributed by atoms with Gasteiger partial charge in [0.05, 0.1) is 10.4 Å². The highest BCUT2D eigenvalue weighted by Gasteiger charge is 2.18. The first-order valence-electron chi connectivity index (χ1n) is 7.71. The topological polar surface area (TPSA) is 63.1 Å². The number of hydrogen-bond acceptors (Lipinski definition) is 3. The summed E-state index contributed by atoms with van der Waals surface area (Å²) in [6.07, 6.45) is 1.76. The van der Waals surface area contributed by atoms with Crippen LogP contribution in [0.4, 0.5) is 0 Å². The Balaban J connectivity index is 1.75. The van der Waals surface area contributed by atoms with E-state index in [1.165, 1.54) is 11.3 Å². The van der Waals surface area contributed by atoms with Crippen molar-refractivity contribution in [1.82, 2.24) is 15.4 Å². The molecule has 24 heavy (non-hydrogen) atoms. The normalized spacial score (nSPS) is 11.0. The molecule has 6 heteroatoms. The van der Waals surface area contributed by atoms with Gasteiger partial charge in [0.2, 0.25) is 0 Å². The molecule has 0 aliphatic heterocycles. The Morgan fingerprint density at radius 2 is 1.79 bits per heavy atom. The average Bonchev–Trinajstić information content (AvgIpc) is 3.18. The molecule has 0 saturated heterocycles. The van der Waals surface area contributed by atoms with E-state index in [1.807, 2.05) is 61.2 Å². The van der Waals surface area contributed by atoms with E-state index in [9.17, 15) is 9.59 Å². The van der Waals surface area contributed by atoms with Crippen LogP contribution in [0.3, 0.4) is 0 Å². The van der Waals surface area contributed by atoms with E-state index >= 15 is 0 Å². The van der Waals surface area contributed by atoms with Gasteiger partial charge in [-0.15, -0.1) is 11.3 Å². The largest absolute Gasteiger partial charge is 0.350 e. The number of carbonyl (C=O) groups excluding carboxylic acids is 2. The molecule has 0 bridgehead atoms. The summed E-state index contributed by atoms with van der Waals surface area (Å²) in [6, 6.07) is 9.60. The highest BCUT2D eigenvalue weighted by Crippen LogP contribution is 2.24. The zero-order valence-electron chi connectivity index (χ0n) is 13.8. The van der Waals surface area contributed by atoms with Crippen LogP contribution < -0.4 is 10.9 Å². The molecule has 0 unspecified atom stereocenters. The predicted molar refractivity (Wildman–Crippen MR) is 96.3 cm³/mol. The number of hydrogen-bond donors (Lipinski definition) is 2. The zero-order valence-corrected chi connectivity index (χ0v) is 14.6. The van der Waals surface area contributed by atoms with Crippen LogP contribution in [0.1, 0.15) is 45.4 Å². The van der Waals surface area contributed by atoms with Gasteiger partial charge in [-0.1, -0.05) is 32.0 Å². The first-order valence-corrected chi connectivity index (χ1v) is 8.59. The van der Waals surface area contributed by atoms with Gasteiger partial charge in [0, 0.05) is 24.1 Å². The average molecular weight is 341 g/mol. The molecule has 0 saturated carbocycles. The number of hydrazine groups is 1. The second-order valence-corrected chi connectivity index (χ2v) is 6.85. The number of nitrogens with one attached hydrogen (secondary N) is 2. The van der Waals surface area contributed by atoms with Crippen LogP contribution in [0.2, 0.25) is 0 Å². The van der Waals surface area contributed by atoms with Crippen molar-refractivity contribution in [3.8, 4) is 0 Å². The van der Waals surface area contributed by atoms with Gasteiger partial charge in [0.1, 0.15) is 0 Å². The summed E-state index contributed by atoms with van der Waals surface area (Å²) >= 11 is 1.37. The molecule has 3 rings (SSSR count). The van der Waals surface area contributed by atoms with E-state index in [2.05, 4.69) is 10.9 Å². The summed E-state index contributed by atoms with van der Waals surface area (Å²) in [7, 11) is 1.89. The van der Waals surface area contributed by atoms with E-state index in [0.717, 1.165) is 16.5 Å². The number of benzene rings is 1. The highest BCUT2D eigenvalue weighted by atomic mass is 32.1. The van der Waals surface area contributed by atoms with Crippen LogP contribution in [0.25, 0.3) is 10.9 Å². The van der Waals surface area contributed by atoms with Crippen molar-refractivity contribution >= 4 is 34.1 Å². The summed E-state index contributed by atoms with van der Waals surface area (Å²) in [5.74, 6) is -0.365. The van der Waals surface area contributed by atoms with Crippen molar-refractivity contribution in [2.45, 2.75) is 19.8 Å². The minimum Gasteiger partial charge on any atom is -0.350 e. The third kappa shape index (κ3) is 2.92. The quantitative estimate of drug-likeness (QED) is 0.717. The van der Waals surface area contributed by atoms with Crippen molar-refractivity contribution in [1.29, 1.82) is 0 Å². The summed E-state index contributed by atoms with van der Waals surface area (Å²) in [6.45, 7) is 4.07. The van der Waals surface area contributed by atoms with Crippen LogP contribution in [-0.2, 0) is 7.05 Å². The van der Waals surface area contributed by atoms with E-state index in [0.29, 0.717) is 10.4 Å². The molecule has 0 aliphatic carbocycles. The molecule has 0 aliphatic rings. The van der Waals surface area contributed by atoms with Crippen molar-refractivity contribution in [3.63, 3.8) is 0 Å². The molecule has 3 aromatic rings. The smallest absolute Gasteiger partial charge is 0.280 e. The summed E-state index contributed by atoms with van der Waals surface area (Å²) in [5.41, 5.74) is 7.51. The fourth-order valence-electron chi connectivity index (χ4n) is 2.72. The molecule has 0 atom stereocenters. The second kappa shape index (κ2) is 6.49. The molecular formula is C18H19N3O2S. The van der Waals surface area contributed by atoms with Gasteiger partial charge in [-0.3, -0.25) is 20.4 Å². The lowest BCUT2D eigenvalue weighted by Gasteiger charge is -2.09. The fourth-order valence-corrected chi connectivity index (χ4v) is 3.67. The van der Waals surface area contributed by atoms with Gasteiger partial charge in [-0.25, -0.2) is 0 Å². The molecule has 0 spiro atoms. The summed E-state index contributed by atoms with van der Waals surface area (Å²) < 4.78 is 1.89. The number of thiophene rings is 1. The molecule has 2 amide bonds. The van der Waals surface area contributed by atoms with Gasteiger partial charge >= 0.3 is 0 Å². The zero-order chi connectivity index (χ0) is 17.3. The first-order chi connectivity index (χ1) is 11.5. The van der Waals surface area contributed by atoms with E-state index in [-0.39, 0.29) is 17.7 Å². The van der Waals surface area contributed by atoms with Crippen molar-refractivity contribution in [2.24, 2.45) is 7.05 Å². The number of carbonyl (C=O) groups is 2. The minimum atomic E-state index is -0.331. The maximum atomic E-state index is 12.4. The molecule has 2 aromatic heterocycles. The number of rotatable bonds is 3. The fraction of sp³-hybridized carbons (Fsp3) is 0.222. The minimum absolute atomic E-state index is 0.255. The number of aromatic nitrogens is 1. The molecular weight excluding hydrogens is 322 g/mol. The van der Waals surface area contributed by atoms with E-state index < -0.39 is 0 Å². The summed E-state index contributed by atoms with van der Waals surface area (Å²) in [5, 5.41) is 2.74. The number of para-hydroxylation sites is 1. The third-order valence-corrected chi connectivity index (χ3v) is 4.88. The van der Waals surface area contributed by atoms with Crippen molar-refractivity contribution in [3.05, 3.63) is 57.9 Å². The van der Waals surface area contributed by atoms with Crippen LogP contribution in [0.5, 0.6) is 0 Å². The molecule has 1 aromatic carbocycles. The number of amides is 2. The summed E-state index contributed by atoms with van der Waals surface area (Å²) in [4.78, 5) is 25.4.